The summed E-state index contributed by atoms with van der Waals surface area (Å²) in [6, 6.07) is 0.672. The third-order valence-electron chi connectivity index (χ3n) is 2.83. The molecule has 0 spiro atoms. The lowest BCUT2D eigenvalue weighted by Crippen LogP contribution is -2.33. The minimum Gasteiger partial charge on any atom is -0.315 e. The van der Waals surface area contributed by atoms with Gasteiger partial charge in [0, 0.05) is 19.1 Å². The van der Waals surface area contributed by atoms with Crippen LogP contribution in [0, 0.1) is 5.92 Å². The van der Waals surface area contributed by atoms with Gasteiger partial charge in [0.1, 0.15) is 0 Å². The average Bonchev–Trinajstić information content (AvgIpc) is 2.94. The molecule has 0 aromatic rings. The second-order valence-electron chi connectivity index (χ2n) is 4.25. The van der Waals surface area contributed by atoms with Gasteiger partial charge in [-0.05, 0) is 32.2 Å². The van der Waals surface area contributed by atoms with E-state index in [9.17, 15) is 0 Å². The van der Waals surface area contributed by atoms with Crippen LogP contribution >= 0.6 is 0 Å². The minimum atomic E-state index is 0.672. The summed E-state index contributed by atoms with van der Waals surface area (Å²) in [7, 11) is 0. The fourth-order valence-corrected chi connectivity index (χ4v) is 1.39. The van der Waals surface area contributed by atoms with Crippen molar-refractivity contribution in [2.75, 3.05) is 19.6 Å². The third kappa shape index (κ3) is 6.05. The lowest BCUT2D eigenvalue weighted by atomic mass is 10.2. The van der Waals surface area contributed by atoms with Gasteiger partial charge >= 0.3 is 0 Å². The lowest BCUT2D eigenvalue weighted by molar-refractivity contribution is 0.510. The van der Waals surface area contributed by atoms with Crippen molar-refractivity contribution in [3.05, 3.63) is 0 Å². The van der Waals surface area contributed by atoms with E-state index in [2.05, 4.69) is 24.5 Å². The van der Waals surface area contributed by atoms with Crippen molar-refractivity contribution in [1.82, 2.24) is 10.6 Å². The fraction of sp³-hybridized carbons (Fsp3) is 1.00. The Morgan fingerprint density at radius 3 is 2.62 bits per heavy atom. The van der Waals surface area contributed by atoms with Crippen molar-refractivity contribution >= 4 is 0 Å². The van der Waals surface area contributed by atoms with Crippen LogP contribution in [0.4, 0.5) is 0 Å². The molecule has 1 aliphatic rings. The molecule has 1 saturated carbocycles. The highest BCUT2D eigenvalue weighted by molar-refractivity contribution is 4.73. The topological polar surface area (TPSA) is 24.1 Å². The molecule has 1 aliphatic carbocycles. The highest BCUT2D eigenvalue weighted by Gasteiger charge is 2.19. The quantitative estimate of drug-likeness (QED) is 0.562. The van der Waals surface area contributed by atoms with E-state index in [0.29, 0.717) is 6.04 Å². The van der Waals surface area contributed by atoms with Crippen molar-refractivity contribution in [2.24, 2.45) is 5.92 Å². The molecule has 13 heavy (non-hydrogen) atoms. The average molecular weight is 184 g/mol. The second kappa shape index (κ2) is 6.39. The van der Waals surface area contributed by atoms with E-state index >= 15 is 0 Å². The molecule has 0 aliphatic heterocycles. The molecule has 78 valence electrons. The molecule has 1 rings (SSSR count). The van der Waals surface area contributed by atoms with Crippen LogP contribution in [0.5, 0.6) is 0 Å². The van der Waals surface area contributed by atoms with Crippen molar-refractivity contribution in [3.63, 3.8) is 0 Å². The molecular weight excluding hydrogens is 160 g/mol. The zero-order chi connectivity index (χ0) is 9.52. The Balaban J connectivity index is 1.72. The van der Waals surface area contributed by atoms with Crippen molar-refractivity contribution in [2.45, 2.75) is 45.6 Å². The van der Waals surface area contributed by atoms with Crippen molar-refractivity contribution in [1.29, 1.82) is 0 Å². The van der Waals surface area contributed by atoms with E-state index in [-0.39, 0.29) is 0 Å². The molecule has 1 fully saturated rings. The Hall–Kier alpha value is -0.0800. The molecule has 0 saturated heterocycles. The van der Waals surface area contributed by atoms with Crippen LogP contribution in [0.3, 0.4) is 0 Å². The summed E-state index contributed by atoms with van der Waals surface area (Å²) in [5.74, 6) is 1.06. The van der Waals surface area contributed by atoms with Crippen LogP contribution in [-0.4, -0.2) is 25.7 Å². The minimum absolute atomic E-state index is 0.672. The van der Waals surface area contributed by atoms with E-state index < -0.39 is 0 Å². The summed E-state index contributed by atoms with van der Waals surface area (Å²) in [6.07, 6.45) is 5.57. The molecule has 0 amide bonds. The number of nitrogens with one attached hydrogen (secondary N) is 2. The van der Waals surface area contributed by atoms with Gasteiger partial charge in [-0.25, -0.2) is 0 Å². The van der Waals surface area contributed by atoms with E-state index in [0.717, 1.165) is 19.0 Å². The van der Waals surface area contributed by atoms with E-state index in [1.54, 1.807) is 0 Å². The van der Waals surface area contributed by atoms with Gasteiger partial charge < -0.3 is 10.6 Å². The molecule has 2 N–H and O–H groups in total. The molecule has 0 bridgehead atoms. The maximum atomic E-state index is 3.47. The Kier molecular flexibility index (Phi) is 5.40. The fourth-order valence-electron chi connectivity index (χ4n) is 1.39. The Labute approximate surface area is 82.5 Å². The molecular formula is C11H24N2. The van der Waals surface area contributed by atoms with Crippen LogP contribution < -0.4 is 10.6 Å². The second-order valence-corrected chi connectivity index (χ2v) is 4.25. The van der Waals surface area contributed by atoms with Crippen LogP contribution in [0.1, 0.15) is 39.5 Å². The maximum absolute atomic E-state index is 3.47. The molecule has 0 heterocycles. The van der Waals surface area contributed by atoms with Crippen LogP contribution in [0.15, 0.2) is 0 Å². The zero-order valence-electron chi connectivity index (χ0n) is 9.10. The summed E-state index contributed by atoms with van der Waals surface area (Å²) in [5, 5.41) is 6.95. The maximum Gasteiger partial charge on any atom is 0.00792 e. The van der Waals surface area contributed by atoms with E-state index in [4.69, 9.17) is 0 Å². The predicted molar refractivity (Wildman–Crippen MR) is 58.0 cm³/mol. The highest BCUT2D eigenvalue weighted by Crippen LogP contribution is 2.31. The monoisotopic (exact) mass is 184 g/mol. The first kappa shape index (κ1) is 11.0. The first-order valence-electron chi connectivity index (χ1n) is 5.77. The highest BCUT2D eigenvalue weighted by atomic mass is 15.0. The molecule has 2 heteroatoms. The van der Waals surface area contributed by atoms with Gasteiger partial charge in [-0.2, -0.15) is 0 Å². The largest absolute Gasteiger partial charge is 0.315 e. The summed E-state index contributed by atoms with van der Waals surface area (Å²) in [4.78, 5) is 0. The van der Waals surface area contributed by atoms with Gasteiger partial charge in [0.2, 0.25) is 0 Å². The SMILES string of the molecule is CCC(C)NCCNCCC1CC1. The molecule has 0 radical (unpaired) electrons. The third-order valence-corrected chi connectivity index (χ3v) is 2.83. The normalized spacial score (nSPS) is 18.9. The van der Waals surface area contributed by atoms with Crippen LogP contribution in [-0.2, 0) is 0 Å². The molecule has 0 aromatic heterocycles. The van der Waals surface area contributed by atoms with Crippen LogP contribution in [0.2, 0.25) is 0 Å². The molecule has 1 atom stereocenters. The molecule has 1 unspecified atom stereocenters. The smallest absolute Gasteiger partial charge is 0.00792 e. The number of hydrogen-bond donors (Lipinski definition) is 2. The van der Waals surface area contributed by atoms with Crippen LogP contribution in [0.25, 0.3) is 0 Å². The van der Waals surface area contributed by atoms with Gasteiger partial charge in [-0.15, -0.1) is 0 Å². The van der Waals surface area contributed by atoms with Gasteiger partial charge in [-0.3, -0.25) is 0 Å². The number of rotatable bonds is 8. The van der Waals surface area contributed by atoms with Gasteiger partial charge in [0.25, 0.3) is 0 Å². The summed E-state index contributed by atoms with van der Waals surface area (Å²) < 4.78 is 0. The van der Waals surface area contributed by atoms with Gasteiger partial charge in [-0.1, -0.05) is 19.8 Å². The Morgan fingerprint density at radius 1 is 1.23 bits per heavy atom. The summed E-state index contributed by atoms with van der Waals surface area (Å²) in [5.41, 5.74) is 0. The van der Waals surface area contributed by atoms with Gasteiger partial charge in [0.05, 0.1) is 0 Å². The summed E-state index contributed by atoms with van der Waals surface area (Å²) >= 11 is 0. The molecule has 0 aromatic carbocycles. The van der Waals surface area contributed by atoms with Crippen molar-refractivity contribution in [3.8, 4) is 0 Å². The van der Waals surface area contributed by atoms with Crippen molar-refractivity contribution < 1.29 is 0 Å². The first-order chi connectivity index (χ1) is 6.33. The standard InChI is InChI=1S/C11H24N2/c1-3-10(2)13-9-8-12-7-6-11-4-5-11/h10-13H,3-9H2,1-2H3. The number of hydrogen-bond acceptors (Lipinski definition) is 2. The Morgan fingerprint density at radius 2 is 2.00 bits per heavy atom. The molecule has 2 nitrogen and oxygen atoms in total. The van der Waals surface area contributed by atoms with E-state index in [1.165, 1.54) is 32.2 Å². The Bertz CT molecular complexity index is 121. The zero-order valence-corrected chi connectivity index (χ0v) is 9.10. The summed E-state index contributed by atoms with van der Waals surface area (Å²) in [6.45, 7) is 7.91. The predicted octanol–water partition coefficient (Wildman–Crippen LogP) is 1.76. The lowest BCUT2D eigenvalue weighted by Gasteiger charge is -2.11. The van der Waals surface area contributed by atoms with Gasteiger partial charge in [0.15, 0.2) is 0 Å². The van der Waals surface area contributed by atoms with E-state index in [1.807, 2.05) is 0 Å². The first-order valence-corrected chi connectivity index (χ1v) is 5.77.